The molecule has 110 valence electrons. The van der Waals surface area contributed by atoms with Crippen LogP contribution in [-0.4, -0.2) is 49.1 Å². The predicted octanol–water partition coefficient (Wildman–Crippen LogP) is 2.25. The number of halogens is 1. The van der Waals surface area contributed by atoms with Gasteiger partial charge >= 0.3 is 0 Å². The number of nitrogens with two attached hydrogens (primary N) is 1. The van der Waals surface area contributed by atoms with Crippen LogP contribution in [0, 0.1) is 0 Å². The first kappa shape index (κ1) is 15.3. The third-order valence-electron chi connectivity index (χ3n) is 3.25. The minimum atomic E-state index is 0.648. The van der Waals surface area contributed by atoms with Gasteiger partial charge in [0.15, 0.2) is 5.96 Å². The maximum Gasteiger partial charge on any atom is 0.191 e. The average molecular weight is 314 g/mol. The van der Waals surface area contributed by atoms with Crippen molar-refractivity contribution in [2.75, 3.05) is 38.2 Å². The monoisotopic (exact) mass is 313 g/mol. The first-order valence-corrected chi connectivity index (χ1v) is 8.19. The van der Waals surface area contributed by atoms with Gasteiger partial charge in [-0.2, -0.15) is 11.8 Å². The molecule has 4 nitrogen and oxygen atoms in total. The van der Waals surface area contributed by atoms with Crippen LogP contribution < -0.4 is 10.5 Å². The Hall–Kier alpha value is -1.07. The lowest BCUT2D eigenvalue weighted by molar-refractivity contribution is 0.414. The summed E-state index contributed by atoms with van der Waals surface area (Å²) in [5, 5.41) is 0.715. The zero-order valence-electron chi connectivity index (χ0n) is 11.6. The minimum absolute atomic E-state index is 0.648. The molecule has 1 aromatic rings. The summed E-state index contributed by atoms with van der Waals surface area (Å²) < 4.78 is 5.13. The molecular formula is C14H20ClN3OS. The highest BCUT2D eigenvalue weighted by molar-refractivity contribution is 7.99. The van der Waals surface area contributed by atoms with E-state index in [0.29, 0.717) is 17.5 Å². The van der Waals surface area contributed by atoms with Crippen LogP contribution in [0.1, 0.15) is 5.56 Å². The maximum atomic E-state index is 6.20. The van der Waals surface area contributed by atoms with Crippen LogP contribution in [0.3, 0.4) is 0 Å². The summed E-state index contributed by atoms with van der Waals surface area (Å²) in [6.45, 7) is 2.63. The summed E-state index contributed by atoms with van der Waals surface area (Å²) in [4.78, 5) is 6.59. The molecule has 1 aromatic carbocycles. The first-order chi connectivity index (χ1) is 9.70. The van der Waals surface area contributed by atoms with Crippen molar-refractivity contribution in [2.45, 2.75) is 6.42 Å². The highest BCUT2D eigenvalue weighted by Gasteiger charge is 2.11. The fourth-order valence-electron chi connectivity index (χ4n) is 2.04. The molecule has 1 aliphatic rings. The lowest BCUT2D eigenvalue weighted by Gasteiger charge is -2.27. The van der Waals surface area contributed by atoms with Crippen LogP contribution in [0.5, 0.6) is 5.75 Å². The summed E-state index contributed by atoms with van der Waals surface area (Å²) in [5.41, 5.74) is 7.08. The number of hydrogen-bond acceptors (Lipinski definition) is 3. The molecule has 1 saturated heterocycles. The molecule has 1 heterocycles. The quantitative estimate of drug-likeness (QED) is 0.684. The number of guanidine groups is 1. The molecule has 0 bridgehead atoms. The third-order valence-corrected chi connectivity index (χ3v) is 4.54. The van der Waals surface area contributed by atoms with Crippen molar-refractivity contribution in [3.8, 4) is 5.75 Å². The molecular weight excluding hydrogens is 294 g/mol. The standard InChI is InChI=1S/C14H20ClN3OS/c1-19-12-3-2-11(13(15)10-12)4-5-17-14(16)18-6-8-20-9-7-18/h2-3,10H,4-9H2,1H3,(H2,16,17). The van der Waals surface area contributed by atoms with E-state index in [1.54, 1.807) is 7.11 Å². The Morgan fingerprint density at radius 2 is 2.20 bits per heavy atom. The van der Waals surface area contributed by atoms with Crippen LogP contribution in [0.4, 0.5) is 0 Å². The SMILES string of the molecule is COc1ccc(CCN=C(N)N2CCSCC2)c(Cl)c1. The van der Waals surface area contributed by atoms with E-state index < -0.39 is 0 Å². The number of ether oxygens (including phenoxy) is 1. The molecule has 2 rings (SSSR count). The lowest BCUT2D eigenvalue weighted by Crippen LogP contribution is -2.42. The number of thioether (sulfide) groups is 1. The van der Waals surface area contributed by atoms with Crippen molar-refractivity contribution in [1.29, 1.82) is 0 Å². The Bertz CT molecular complexity index is 475. The number of rotatable bonds is 4. The fourth-order valence-corrected chi connectivity index (χ4v) is 3.21. The summed E-state index contributed by atoms with van der Waals surface area (Å²) in [6.07, 6.45) is 0.784. The molecule has 0 atom stereocenters. The molecule has 1 fully saturated rings. The number of nitrogens with zero attached hydrogens (tertiary/aromatic N) is 2. The van der Waals surface area contributed by atoms with Crippen LogP contribution >= 0.6 is 23.4 Å². The predicted molar refractivity (Wildman–Crippen MR) is 87.1 cm³/mol. The van der Waals surface area contributed by atoms with Crippen LogP contribution in [0.25, 0.3) is 0 Å². The molecule has 20 heavy (non-hydrogen) atoms. The van der Waals surface area contributed by atoms with Crippen molar-refractivity contribution in [3.05, 3.63) is 28.8 Å². The van der Waals surface area contributed by atoms with Crippen LogP contribution in [-0.2, 0) is 6.42 Å². The molecule has 0 aromatic heterocycles. The Labute approximate surface area is 129 Å². The van der Waals surface area contributed by atoms with E-state index in [2.05, 4.69) is 9.89 Å². The smallest absolute Gasteiger partial charge is 0.191 e. The van der Waals surface area contributed by atoms with E-state index in [4.69, 9.17) is 22.1 Å². The molecule has 0 aliphatic carbocycles. The van der Waals surface area contributed by atoms with Gasteiger partial charge in [0.25, 0.3) is 0 Å². The Morgan fingerprint density at radius 3 is 2.85 bits per heavy atom. The van der Waals surface area contributed by atoms with Gasteiger partial charge in [0, 0.05) is 36.2 Å². The first-order valence-electron chi connectivity index (χ1n) is 6.65. The number of methoxy groups -OCH3 is 1. The van der Waals surface area contributed by atoms with E-state index in [0.717, 1.165) is 42.3 Å². The van der Waals surface area contributed by atoms with Crippen molar-refractivity contribution >= 4 is 29.3 Å². The zero-order valence-corrected chi connectivity index (χ0v) is 13.2. The summed E-state index contributed by atoms with van der Waals surface area (Å²) in [5.74, 6) is 3.67. The van der Waals surface area contributed by atoms with Crippen LogP contribution in [0.2, 0.25) is 5.02 Å². The third kappa shape index (κ3) is 4.21. The number of aliphatic imine (C=N–C) groups is 1. The van der Waals surface area contributed by atoms with E-state index >= 15 is 0 Å². The summed E-state index contributed by atoms with van der Waals surface area (Å²) in [6, 6.07) is 5.71. The second-order valence-electron chi connectivity index (χ2n) is 4.55. The maximum absolute atomic E-state index is 6.20. The van der Waals surface area contributed by atoms with E-state index in [1.807, 2.05) is 30.0 Å². The number of benzene rings is 1. The second kappa shape index (κ2) is 7.64. The van der Waals surface area contributed by atoms with Gasteiger partial charge in [-0.3, -0.25) is 4.99 Å². The molecule has 0 spiro atoms. The van der Waals surface area contributed by atoms with Crippen molar-refractivity contribution in [1.82, 2.24) is 4.90 Å². The molecule has 0 amide bonds. The molecule has 0 saturated carbocycles. The second-order valence-corrected chi connectivity index (χ2v) is 6.18. The van der Waals surface area contributed by atoms with Crippen molar-refractivity contribution < 1.29 is 4.74 Å². The van der Waals surface area contributed by atoms with Gasteiger partial charge in [-0.15, -0.1) is 0 Å². The zero-order chi connectivity index (χ0) is 14.4. The van der Waals surface area contributed by atoms with Gasteiger partial charge in [-0.25, -0.2) is 0 Å². The minimum Gasteiger partial charge on any atom is -0.497 e. The van der Waals surface area contributed by atoms with Gasteiger partial charge < -0.3 is 15.4 Å². The molecule has 1 aliphatic heterocycles. The lowest BCUT2D eigenvalue weighted by atomic mass is 10.1. The van der Waals surface area contributed by atoms with E-state index in [-0.39, 0.29) is 0 Å². The van der Waals surface area contributed by atoms with Crippen molar-refractivity contribution in [3.63, 3.8) is 0 Å². The molecule has 0 radical (unpaired) electrons. The Balaban J connectivity index is 1.88. The Morgan fingerprint density at radius 1 is 1.45 bits per heavy atom. The van der Waals surface area contributed by atoms with Gasteiger partial charge in [-0.1, -0.05) is 17.7 Å². The highest BCUT2D eigenvalue weighted by Crippen LogP contribution is 2.22. The summed E-state index contributed by atoms with van der Waals surface area (Å²) in [7, 11) is 1.63. The molecule has 2 N–H and O–H groups in total. The molecule has 6 heteroatoms. The molecule has 0 unspecified atom stereocenters. The highest BCUT2D eigenvalue weighted by atomic mass is 35.5. The Kier molecular flexibility index (Phi) is 5.86. The van der Waals surface area contributed by atoms with Gasteiger partial charge in [-0.05, 0) is 24.1 Å². The van der Waals surface area contributed by atoms with Gasteiger partial charge in [0.1, 0.15) is 5.75 Å². The average Bonchev–Trinajstić information content (AvgIpc) is 2.49. The van der Waals surface area contributed by atoms with Gasteiger partial charge in [0.2, 0.25) is 0 Å². The van der Waals surface area contributed by atoms with Crippen LogP contribution in [0.15, 0.2) is 23.2 Å². The van der Waals surface area contributed by atoms with Crippen molar-refractivity contribution in [2.24, 2.45) is 10.7 Å². The largest absolute Gasteiger partial charge is 0.497 e. The van der Waals surface area contributed by atoms with E-state index in [9.17, 15) is 0 Å². The fraction of sp³-hybridized carbons (Fsp3) is 0.500. The summed E-state index contributed by atoms with van der Waals surface area (Å²) >= 11 is 8.16. The number of hydrogen-bond donors (Lipinski definition) is 1. The topological polar surface area (TPSA) is 50.9 Å². The van der Waals surface area contributed by atoms with Gasteiger partial charge in [0.05, 0.1) is 7.11 Å². The van der Waals surface area contributed by atoms with E-state index in [1.165, 1.54) is 0 Å². The normalized spacial score (nSPS) is 16.3.